The van der Waals surface area contributed by atoms with Crippen LogP contribution in [0, 0.1) is 11.3 Å². The van der Waals surface area contributed by atoms with E-state index < -0.39 is 24.9 Å². The fourth-order valence-electron chi connectivity index (χ4n) is 3.91. The van der Waals surface area contributed by atoms with Crippen molar-refractivity contribution in [3.63, 3.8) is 0 Å². The first-order chi connectivity index (χ1) is 13.1. The highest BCUT2D eigenvalue weighted by atomic mass is 35.5. The van der Waals surface area contributed by atoms with Crippen LogP contribution in [0.25, 0.3) is 0 Å². The number of sulfonamides is 2. The predicted molar refractivity (Wildman–Crippen MR) is 116 cm³/mol. The van der Waals surface area contributed by atoms with E-state index in [0.29, 0.717) is 18.8 Å². The number of nitrogens with one attached hydrogen (secondary N) is 1. The molecule has 1 saturated carbocycles. The van der Waals surface area contributed by atoms with Crippen molar-refractivity contribution in [2.45, 2.75) is 55.9 Å². The molecule has 1 fully saturated rings. The van der Waals surface area contributed by atoms with Crippen LogP contribution in [-0.4, -0.2) is 48.2 Å². The molecular weight excluding hydrogens is 436 g/mol. The van der Waals surface area contributed by atoms with Crippen LogP contribution < -0.4 is 10.5 Å². The zero-order chi connectivity index (χ0) is 22.2. The number of anilines is 1. The van der Waals surface area contributed by atoms with Crippen molar-refractivity contribution >= 4 is 43.7 Å². The third-order valence-corrected chi connectivity index (χ3v) is 8.02. The normalized spacial score (nSPS) is 22.7. The lowest BCUT2D eigenvalue weighted by Crippen LogP contribution is -2.43. The first-order valence-electron chi connectivity index (χ1n) is 9.21. The molecule has 3 N–H and O–H groups in total. The van der Waals surface area contributed by atoms with Gasteiger partial charge in [-0.3, -0.25) is 0 Å². The average Bonchev–Trinajstić information content (AvgIpc) is 2.49. The van der Waals surface area contributed by atoms with Gasteiger partial charge in [-0.2, -0.15) is 8.42 Å². The maximum Gasteiger partial charge on any atom is 0.285 e. The van der Waals surface area contributed by atoms with E-state index in [1.54, 1.807) is 14.1 Å². The number of nitrogen functional groups attached to an aromatic ring is 1. The minimum atomic E-state index is -4.20. The molecule has 0 heterocycles. The van der Waals surface area contributed by atoms with Gasteiger partial charge in [-0.25, -0.2) is 13.1 Å². The van der Waals surface area contributed by atoms with E-state index in [0.717, 1.165) is 24.9 Å². The van der Waals surface area contributed by atoms with Crippen LogP contribution in [-0.2, 0) is 20.0 Å². The topological polar surface area (TPSA) is 122 Å². The van der Waals surface area contributed by atoms with Gasteiger partial charge in [0.2, 0.25) is 10.0 Å². The Bertz CT molecular complexity index is 1000. The van der Waals surface area contributed by atoms with Gasteiger partial charge in [0, 0.05) is 20.1 Å². The van der Waals surface area contributed by atoms with Crippen molar-refractivity contribution < 1.29 is 16.8 Å². The number of nitrogens with two attached hydrogens (primary N) is 1. The molecule has 11 heteroatoms. The minimum Gasteiger partial charge on any atom is -0.398 e. The Morgan fingerprint density at radius 1 is 1.21 bits per heavy atom. The number of hydrogen-bond donors (Lipinski definition) is 2. The molecule has 164 valence electrons. The summed E-state index contributed by atoms with van der Waals surface area (Å²) >= 11 is 6.04. The quantitative estimate of drug-likeness (QED) is 0.379. The molecule has 1 aromatic rings. The van der Waals surface area contributed by atoms with Crippen molar-refractivity contribution in [1.29, 1.82) is 0 Å². The van der Waals surface area contributed by atoms with Crippen molar-refractivity contribution in [2.24, 2.45) is 15.7 Å². The molecule has 1 aliphatic rings. The highest BCUT2D eigenvalue weighted by Gasteiger charge is 2.35. The summed E-state index contributed by atoms with van der Waals surface area (Å²) in [6, 6.07) is 1.84. The monoisotopic (exact) mass is 464 g/mol. The summed E-state index contributed by atoms with van der Waals surface area (Å²) in [5.74, 6) is 0.366. The summed E-state index contributed by atoms with van der Waals surface area (Å²) in [4.78, 5) is 0.703. The number of rotatable bonds is 6. The van der Waals surface area contributed by atoms with Crippen molar-refractivity contribution in [2.75, 3.05) is 19.8 Å². The summed E-state index contributed by atoms with van der Waals surface area (Å²) in [7, 11) is -5.04. The van der Waals surface area contributed by atoms with Crippen LogP contribution in [0.5, 0.6) is 0 Å². The Morgan fingerprint density at radius 2 is 1.83 bits per heavy atom. The van der Waals surface area contributed by atoms with Crippen LogP contribution in [0.1, 0.15) is 40.0 Å². The Balaban J connectivity index is 2.43. The molecule has 0 spiro atoms. The molecule has 8 nitrogen and oxygen atoms in total. The molecule has 2 unspecified atom stereocenters. The van der Waals surface area contributed by atoms with Gasteiger partial charge >= 0.3 is 0 Å². The Labute approximate surface area is 178 Å². The van der Waals surface area contributed by atoms with Crippen molar-refractivity contribution in [3.8, 4) is 0 Å². The average molecular weight is 465 g/mol. The molecular formula is C18H29ClN4O4S2. The molecule has 0 aromatic heterocycles. The summed E-state index contributed by atoms with van der Waals surface area (Å²) in [6.07, 6.45) is 3.50. The van der Waals surface area contributed by atoms with E-state index in [1.165, 1.54) is 4.90 Å². The zero-order valence-corrected chi connectivity index (χ0v) is 19.7. The van der Waals surface area contributed by atoms with Gasteiger partial charge in [0.25, 0.3) is 10.0 Å². The maximum atomic E-state index is 13.0. The zero-order valence-electron chi connectivity index (χ0n) is 17.3. The van der Waals surface area contributed by atoms with Gasteiger partial charge in [0.1, 0.15) is 16.1 Å². The minimum absolute atomic E-state index is 0.00574. The second-order valence-electron chi connectivity index (χ2n) is 8.71. The van der Waals surface area contributed by atoms with E-state index in [4.69, 9.17) is 17.3 Å². The van der Waals surface area contributed by atoms with Gasteiger partial charge in [-0.15, -0.1) is 4.40 Å². The highest BCUT2D eigenvalue weighted by molar-refractivity contribution is 7.91. The van der Waals surface area contributed by atoms with Crippen LogP contribution >= 0.6 is 11.6 Å². The van der Waals surface area contributed by atoms with Crippen LogP contribution in [0.15, 0.2) is 26.3 Å². The van der Waals surface area contributed by atoms with Gasteiger partial charge in [0.15, 0.2) is 0 Å². The summed E-state index contributed by atoms with van der Waals surface area (Å²) < 4.78 is 57.3. The predicted octanol–water partition coefficient (Wildman–Crippen LogP) is 2.69. The van der Waals surface area contributed by atoms with Crippen molar-refractivity contribution in [3.05, 3.63) is 17.2 Å². The Hall–Kier alpha value is -1.36. The van der Waals surface area contributed by atoms with Gasteiger partial charge < -0.3 is 10.6 Å². The summed E-state index contributed by atoms with van der Waals surface area (Å²) in [5.41, 5.74) is 5.76. The smallest absolute Gasteiger partial charge is 0.285 e. The second-order valence-corrected chi connectivity index (χ2v) is 12.4. The fraction of sp³-hybridized carbons (Fsp3) is 0.611. The lowest BCUT2D eigenvalue weighted by Gasteiger charge is -2.39. The second kappa shape index (κ2) is 8.41. The van der Waals surface area contributed by atoms with E-state index in [-0.39, 0.29) is 27.1 Å². The largest absolute Gasteiger partial charge is 0.398 e. The molecule has 0 aliphatic heterocycles. The number of halogens is 1. The molecule has 0 saturated heterocycles. The molecule has 0 bridgehead atoms. The molecule has 1 aromatic carbocycles. The number of hydrogen-bond acceptors (Lipinski definition) is 5. The first-order valence-corrected chi connectivity index (χ1v) is 12.5. The summed E-state index contributed by atoms with van der Waals surface area (Å²) in [5, 5.41) is -0.190. The molecule has 0 amide bonds. The SMILES string of the molecule is CC1CC(NS(=O)(=O)c2cc(S(=O)(=O)N=CN(C)C)c(Cl)cc2N)CC(C)(C)C1. The van der Waals surface area contributed by atoms with Gasteiger partial charge in [0.05, 0.1) is 10.7 Å². The molecule has 29 heavy (non-hydrogen) atoms. The first kappa shape index (κ1) is 23.9. The number of benzene rings is 1. The van der Waals surface area contributed by atoms with Crippen LogP contribution in [0.2, 0.25) is 5.02 Å². The van der Waals surface area contributed by atoms with E-state index >= 15 is 0 Å². The van der Waals surface area contributed by atoms with E-state index in [1.807, 2.05) is 0 Å². The third-order valence-electron chi connectivity index (χ3n) is 4.76. The Kier molecular flexibility index (Phi) is 6.93. The lowest BCUT2D eigenvalue weighted by atomic mass is 9.71. The molecule has 0 radical (unpaired) electrons. The van der Waals surface area contributed by atoms with E-state index in [9.17, 15) is 16.8 Å². The third kappa shape index (κ3) is 6.07. The highest BCUT2D eigenvalue weighted by Crippen LogP contribution is 2.39. The van der Waals surface area contributed by atoms with Gasteiger partial charge in [-0.1, -0.05) is 32.4 Å². The molecule has 2 rings (SSSR count). The Morgan fingerprint density at radius 3 is 2.38 bits per heavy atom. The summed E-state index contributed by atoms with van der Waals surface area (Å²) in [6.45, 7) is 6.30. The fourth-order valence-corrected chi connectivity index (χ4v) is 6.84. The lowest BCUT2D eigenvalue weighted by molar-refractivity contribution is 0.163. The van der Waals surface area contributed by atoms with Crippen molar-refractivity contribution in [1.82, 2.24) is 9.62 Å². The number of nitrogens with zero attached hydrogens (tertiary/aromatic N) is 2. The van der Waals surface area contributed by atoms with E-state index in [2.05, 4.69) is 29.9 Å². The van der Waals surface area contributed by atoms with Crippen LogP contribution in [0.4, 0.5) is 5.69 Å². The van der Waals surface area contributed by atoms with Gasteiger partial charge in [-0.05, 0) is 42.7 Å². The molecule has 1 aliphatic carbocycles. The van der Waals surface area contributed by atoms with Crippen LogP contribution in [0.3, 0.4) is 0 Å². The maximum absolute atomic E-state index is 13.0. The molecule has 2 atom stereocenters. The standard InChI is InChI=1S/C18H29ClN4O4S2/c1-12-6-13(10-18(2,3)9-12)22-29(26,27)17-8-16(14(19)7-15(17)20)28(24,25)21-11-23(4)5/h7-8,11-13,22H,6,9-10,20H2,1-5H3.